The fourth-order valence-electron chi connectivity index (χ4n) is 0.960. The highest BCUT2D eigenvalue weighted by Gasteiger charge is 2.32. The maximum atomic E-state index is 5.61. The largest absolute Gasteiger partial charge is 0.353 e. The van der Waals surface area contributed by atoms with Gasteiger partial charge in [-0.25, -0.2) is 0 Å². The van der Waals surface area contributed by atoms with Gasteiger partial charge in [-0.2, -0.15) is 0 Å². The van der Waals surface area contributed by atoms with Gasteiger partial charge in [0.25, 0.3) is 0 Å². The van der Waals surface area contributed by atoms with E-state index in [0.717, 1.165) is 19.4 Å². The molecule has 0 aromatic carbocycles. The predicted molar refractivity (Wildman–Crippen MR) is 49.8 cm³/mol. The summed E-state index contributed by atoms with van der Waals surface area (Å²) in [7, 11) is 0. The van der Waals surface area contributed by atoms with E-state index in [0.29, 0.717) is 0 Å². The van der Waals surface area contributed by atoms with Gasteiger partial charge in [0.2, 0.25) is 3.79 Å². The van der Waals surface area contributed by atoms with Crippen LogP contribution in [-0.2, 0) is 9.47 Å². The lowest BCUT2D eigenvalue weighted by molar-refractivity contribution is -0.137. The summed E-state index contributed by atoms with van der Waals surface area (Å²) in [5, 5.41) is 0. The van der Waals surface area contributed by atoms with Crippen LogP contribution in [0.1, 0.15) is 19.8 Å². The Labute approximate surface area is 87.1 Å². The fourth-order valence-corrected chi connectivity index (χ4v) is 1.11. The molecule has 2 nitrogen and oxygen atoms in total. The summed E-state index contributed by atoms with van der Waals surface area (Å²) < 4.78 is 9.21. The summed E-state index contributed by atoms with van der Waals surface area (Å²) in [6.45, 7) is 2.45. The third kappa shape index (κ3) is 3.27. The highest BCUT2D eigenvalue weighted by atomic mass is 35.6. The van der Waals surface area contributed by atoms with E-state index in [1.807, 2.05) is 0 Å². The Morgan fingerprint density at radius 1 is 1.50 bits per heavy atom. The van der Waals surface area contributed by atoms with Crippen LogP contribution in [0.5, 0.6) is 0 Å². The lowest BCUT2D eigenvalue weighted by atomic mass is 10.3. The van der Waals surface area contributed by atoms with Gasteiger partial charge in [-0.05, 0) is 13.3 Å². The second kappa shape index (κ2) is 4.34. The van der Waals surface area contributed by atoms with Gasteiger partial charge in [0.05, 0.1) is 0 Å². The van der Waals surface area contributed by atoms with Crippen LogP contribution in [0.2, 0.25) is 0 Å². The minimum Gasteiger partial charge on any atom is -0.353 e. The van der Waals surface area contributed by atoms with Gasteiger partial charge >= 0.3 is 0 Å². The lowest BCUT2D eigenvalue weighted by Gasteiger charge is -2.23. The van der Waals surface area contributed by atoms with E-state index < -0.39 is 9.90 Å². The maximum Gasteiger partial charge on any atom is 0.216 e. The van der Waals surface area contributed by atoms with Crippen LogP contribution >= 0.6 is 34.8 Å². The normalized spacial score (nSPS) is 27.5. The Morgan fingerprint density at radius 2 is 2.17 bits per heavy atom. The fraction of sp³-hybridized carbons (Fsp3) is 1.00. The van der Waals surface area contributed by atoms with Crippen LogP contribution in [0.4, 0.5) is 0 Å². The summed E-state index contributed by atoms with van der Waals surface area (Å²) in [6, 6.07) is 0. The van der Waals surface area contributed by atoms with Crippen LogP contribution in [0, 0.1) is 0 Å². The quantitative estimate of drug-likeness (QED) is 0.683. The minimum atomic E-state index is -1.37. The van der Waals surface area contributed by atoms with Gasteiger partial charge in [0.15, 0.2) is 6.29 Å². The Morgan fingerprint density at radius 3 is 2.58 bits per heavy atom. The predicted octanol–water partition coefficient (Wildman–Crippen LogP) is 2.90. The van der Waals surface area contributed by atoms with Crippen LogP contribution in [-0.4, -0.2) is 22.8 Å². The average Bonchev–Trinajstić information content (AvgIpc) is 2.37. The van der Waals surface area contributed by atoms with E-state index in [2.05, 4.69) is 0 Å². The molecule has 2 atom stereocenters. The maximum absolute atomic E-state index is 5.61. The van der Waals surface area contributed by atoms with Crippen molar-refractivity contribution in [1.82, 2.24) is 0 Å². The molecule has 0 radical (unpaired) electrons. The van der Waals surface area contributed by atoms with E-state index >= 15 is 0 Å². The molecule has 0 spiro atoms. The lowest BCUT2D eigenvalue weighted by Crippen LogP contribution is -2.29. The molecule has 1 aliphatic rings. The molecule has 5 heteroatoms. The highest BCUT2D eigenvalue weighted by molar-refractivity contribution is 6.68. The zero-order valence-corrected chi connectivity index (χ0v) is 8.99. The molecule has 1 aliphatic heterocycles. The zero-order valence-electron chi connectivity index (χ0n) is 6.73. The first kappa shape index (κ1) is 10.9. The van der Waals surface area contributed by atoms with Crippen LogP contribution in [0.25, 0.3) is 0 Å². The topological polar surface area (TPSA) is 18.5 Å². The third-order valence-corrected chi connectivity index (χ3v) is 2.63. The Balaban J connectivity index is 2.30. The van der Waals surface area contributed by atoms with Crippen molar-refractivity contribution in [2.24, 2.45) is 0 Å². The first-order valence-corrected chi connectivity index (χ1v) is 4.97. The van der Waals surface area contributed by atoms with E-state index in [1.54, 1.807) is 6.92 Å². The van der Waals surface area contributed by atoms with E-state index in [1.165, 1.54) is 0 Å². The zero-order chi connectivity index (χ0) is 9.19. The molecule has 0 aromatic heterocycles. The van der Waals surface area contributed by atoms with Crippen molar-refractivity contribution in [3.63, 3.8) is 0 Å². The van der Waals surface area contributed by atoms with Gasteiger partial charge in [0.1, 0.15) is 6.10 Å². The number of hydrogen-bond acceptors (Lipinski definition) is 2. The van der Waals surface area contributed by atoms with E-state index in [9.17, 15) is 0 Å². The Hall–Kier alpha value is 0.790. The molecule has 2 unspecified atom stereocenters. The van der Waals surface area contributed by atoms with Gasteiger partial charge in [-0.1, -0.05) is 34.8 Å². The van der Waals surface area contributed by atoms with Gasteiger partial charge < -0.3 is 9.47 Å². The molecule has 0 amide bonds. The summed E-state index contributed by atoms with van der Waals surface area (Å²) in [5.74, 6) is 0. The molecule has 72 valence electrons. The molecule has 0 aliphatic carbocycles. The Bertz CT molecular complexity index is 140. The molecular weight excluding hydrogens is 222 g/mol. The number of rotatable bonds is 2. The van der Waals surface area contributed by atoms with Crippen molar-refractivity contribution in [3.8, 4) is 0 Å². The van der Waals surface area contributed by atoms with Crippen LogP contribution < -0.4 is 0 Å². The minimum absolute atomic E-state index is 0.198. The molecule has 0 saturated carbocycles. The molecule has 1 heterocycles. The van der Waals surface area contributed by atoms with Gasteiger partial charge in [0, 0.05) is 13.0 Å². The van der Waals surface area contributed by atoms with Crippen LogP contribution in [0.3, 0.4) is 0 Å². The first-order valence-electron chi connectivity index (χ1n) is 3.84. The van der Waals surface area contributed by atoms with Crippen molar-refractivity contribution >= 4 is 34.8 Å². The molecule has 1 rings (SSSR count). The number of halogens is 3. The monoisotopic (exact) mass is 232 g/mol. The first-order chi connectivity index (χ1) is 5.50. The van der Waals surface area contributed by atoms with E-state index in [4.69, 9.17) is 44.3 Å². The molecule has 0 aromatic rings. The molecule has 0 N–H and O–H groups in total. The summed E-state index contributed by atoms with van der Waals surface area (Å²) in [6.07, 6.45) is 1.25. The molecule has 0 bridgehead atoms. The van der Waals surface area contributed by atoms with Crippen molar-refractivity contribution in [1.29, 1.82) is 0 Å². The summed E-state index contributed by atoms with van der Waals surface area (Å²) in [4.78, 5) is 0. The van der Waals surface area contributed by atoms with Crippen LogP contribution in [0.15, 0.2) is 0 Å². The SMILES string of the molecule is CC(OC1CCCO1)C(Cl)(Cl)Cl. The smallest absolute Gasteiger partial charge is 0.216 e. The molecule has 1 fully saturated rings. The van der Waals surface area contributed by atoms with Crippen molar-refractivity contribution in [2.75, 3.05) is 6.61 Å². The highest BCUT2D eigenvalue weighted by Crippen LogP contribution is 2.33. The van der Waals surface area contributed by atoms with E-state index in [-0.39, 0.29) is 6.29 Å². The number of alkyl halides is 3. The standard InChI is InChI=1S/C7H11Cl3O2/c1-5(7(8,9)10)12-6-3-2-4-11-6/h5-6H,2-4H2,1H3. The third-order valence-electron chi connectivity index (χ3n) is 1.70. The second-order valence-corrected chi connectivity index (χ2v) is 5.13. The second-order valence-electron chi connectivity index (χ2n) is 2.76. The van der Waals surface area contributed by atoms with Gasteiger partial charge in [-0.3, -0.25) is 0 Å². The molecule has 12 heavy (non-hydrogen) atoms. The summed E-state index contributed by atoms with van der Waals surface area (Å²) in [5.41, 5.74) is 0. The average molecular weight is 234 g/mol. The Kier molecular flexibility index (Phi) is 3.93. The van der Waals surface area contributed by atoms with Crippen molar-refractivity contribution < 1.29 is 9.47 Å². The molecule has 1 saturated heterocycles. The van der Waals surface area contributed by atoms with Crippen molar-refractivity contribution in [3.05, 3.63) is 0 Å². The summed E-state index contributed by atoms with van der Waals surface area (Å²) >= 11 is 16.8. The van der Waals surface area contributed by atoms with Crippen molar-refractivity contribution in [2.45, 2.75) is 36.0 Å². The number of ether oxygens (including phenoxy) is 2. The number of hydrogen-bond donors (Lipinski definition) is 0. The van der Waals surface area contributed by atoms with Gasteiger partial charge in [-0.15, -0.1) is 0 Å². The molecular formula is C7H11Cl3O2.